The number of carbonyl (C=O) groups excluding carboxylic acids is 2. The van der Waals surface area contributed by atoms with Gasteiger partial charge >= 0.3 is 0 Å². The topological polar surface area (TPSA) is 58.6 Å². The normalized spacial score (nSPS) is 15.0. The fourth-order valence-electron chi connectivity index (χ4n) is 3.40. The Morgan fingerprint density at radius 2 is 1.71 bits per heavy atom. The molecule has 1 N–H and O–H groups in total. The predicted molar refractivity (Wildman–Crippen MR) is 137 cm³/mol. The molecule has 34 heavy (non-hydrogen) atoms. The fraction of sp³-hybridized carbons (Fsp3) is 0.115. The van der Waals surface area contributed by atoms with E-state index in [2.05, 4.69) is 21.2 Å². The number of aryl methyl sites for hydroxylation is 1. The zero-order valence-electron chi connectivity index (χ0n) is 18.2. The minimum Gasteiger partial charge on any atom is -0.488 e. The summed E-state index contributed by atoms with van der Waals surface area (Å²) in [5.74, 6) is -0.777. The molecule has 5 nitrogen and oxygen atoms in total. The van der Waals surface area contributed by atoms with Crippen molar-refractivity contribution in [2.24, 2.45) is 0 Å². The van der Waals surface area contributed by atoms with E-state index in [9.17, 15) is 14.0 Å². The monoisotopic (exact) mass is 538 g/mol. The number of benzene rings is 3. The molecule has 3 aromatic rings. The number of ether oxygens (including phenoxy) is 1. The highest BCUT2D eigenvalue weighted by Gasteiger charge is 2.34. The van der Waals surface area contributed by atoms with E-state index >= 15 is 0 Å². The molecular formula is C26H20BrFN2O3S. The zero-order valence-corrected chi connectivity index (χ0v) is 20.6. The number of amides is 2. The smallest absolute Gasteiger partial charge is 0.270 e. The Morgan fingerprint density at radius 3 is 2.35 bits per heavy atom. The first-order valence-corrected chi connectivity index (χ1v) is 11.7. The van der Waals surface area contributed by atoms with Crippen LogP contribution < -0.4 is 15.0 Å². The summed E-state index contributed by atoms with van der Waals surface area (Å²) in [7, 11) is 0. The van der Waals surface area contributed by atoms with E-state index in [1.165, 1.54) is 23.1 Å². The Bertz CT molecular complexity index is 1290. The van der Waals surface area contributed by atoms with Gasteiger partial charge in [-0.2, -0.15) is 0 Å². The van der Waals surface area contributed by atoms with Crippen LogP contribution in [0.2, 0.25) is 0 Å². The zero-order chi connectivity index (χ0) is 24.2. The number of carbonyl (C=O) groups is 2. The van der Waals surface area contributed by atoms with Crippen LogP contribution in [0.5, 0.6) is 5.75 Å². The summed E-state index contributed by atoms with van der Waals surface area (Å²) in [5.41, 5.74) is 3.15. The molecular weight excluding hydrogens is 519 g/mol. The van der Waals surface area contributed by atoms with Gasteiger partial charge in [-0.3, -0.25) is 19.8 Å². The highest BCUT2D eigenvalue weighted by Crippen LogP contribution is 2.29. The number of hydrogen-bond donors (Lipinski definition) is 1. The summed E-state index contributed by atoms with van der Waals surface area (Å²) in [6.45, 7) is 2.31. The number of halogens is 2. The second-order valence-corrected chi connectivity index (χ2v) is 8.82. The number of anilines is 1. The highest BCUT2D eigenvalue weighted by molar-refractivity contribution is 9.10. The predicted octanol–water partition coefficient (Wildman–Crippen LogP) is 5.56. The first-order valence-electron chi connectivity index (χ1n) is 10.5. The largest absolute Gasteiger partial charge is 0.488 e. The summed E-state index contributed by atoms with van der Waals surface area (Å²) in [6.07, 6.45) is 2.39. The van der Waals surface area contributed by atoms with Gasteiger partial charge in [0, 0.05) is 0 Å². The van der Waals surface area contributed by atoms with Gasteiger partial charge in [-0.15, -0.1) is 0 Å². The number of rotatable bonds is 6. The van der Waals surface area contributed by atoms with Crippen LogP contribution in [0.25, 0.3) is 6.08 Å². The lowest BCUT2D eigenvalue weighted by Gasteiger charge is -2.29. The van der Waals surface area contributed by atoms with Crippen LogP contribution in [-0.2, 0) is 22.6 Å². The van der Waals surface area contributed by atoms with Crippen LogP contribution in [0.4, 0.5) is 10.1 Å². The van der Waals surface area contributed by atoms with Crippen molar-refractivity contribution >= 4 is 56.8 Å². The molecule has 0 spiro atoms. The SMILES string of the molecule is CCc1ccc(N2C(=O)/C(=C/c3ccc(OCc4ccc(F)cc4)c(Br)c3)C(=O)NC2=S)cc1. The molecule has 0 aliphatic carbocycles. The molecule has 0 atom stereocenters. The van der Waals surface area contributed by atoms with Gasteiger partial charge in [-0.05, 0) is 93.7 Å². The van der Waals surface area contributed by atoms with E-state index in [1.54, 1.807) is 30.3 Å². The van der Waals surface area contributed by atoms with Gasteiger partial charge in [0.25, 0.3) is 11.8 Å². The van der Waals surface area contributed by atoms with Gasteiger partial charge in [-0.25, -0.2) is 4.39 Å². The van der Waals surface area contributed by atoms with Crippen LogP contribution in [0.3, 0.4) is 0 Å². The first kappa shape index (κ1) is 23.8. The van der Waals surface area contributed by atoms with Crippen molar-refractivity contribution in [1.82, 2.24) is 5.32 Å². The average molecular weight is 539 g/mol. The molecule has 2 amide bonds. The van der Waals surface area contributed by atoms with Crippen molar-refractivity contribution in [3.8, 4) is 5.75 Å². The summed E-state index contributed by atoms with van der Waals surface area (Å²) >= 11 is 8.73. The van der Waals surface area contributed by atoms with Crippen molar-refractivity contribution in [1.29, 1.82) is 0 Å². The Balaban J connectivity index is 1.54. The van der Waals surface area contributed by atoms with E-state index in [0.29, 0.717) is 21.5 Å². The maximum atomic E-state index is 13.2. The summed E-state index contributed by atoms with van der Waals surface area (Å²) in [5, 5.41) is 2.64. The van der Waals surface area contributed by atoms with Crippen LogP contribution in [-0.4, -0.2) is 16.9 Å². The Labute approximate surface area is 210 Å². The molecule has 3 aromatic carbocycles. The maximum Gasteiger partial charge on any atom is 0.270 e. The lowest BCUT2D eigenvalue weighted by Crippen LogP contribution is -2.54. The first-order chi connectivity index (χ1) is 16.4. The summed E-state index contributed by atoms with van der Waals surface area (Å²) in [6, 6.07) is 18.8. The van der Waals surface area contributed by atoms with Gasteiger partial charge in [0.1, 0.15) is 23.7 Å². The molecule has 1 saturated heterocycles. The third kappa shape index (κ3) is 5.24. The van der Waals surface area contributed by atoms with Crippen LogP contribution >= 0.6 is 28.1 Å². The van der Waals surface area contributed by atoms with E-state index in [4.69, 9.17) is 17.0 Å². The lowest BCUT2D eigenvalue weighted by molar-refractivity contribution is -0.122. The molecule has 8 heteroatoms. The number of nitrogens with zero attached hydrogens (tertiary/aromatic N) is 1. The van der Waals surface area contributed by atoms with E-state index in [0.717, 1.165) is 17.5 Å². The van der Waals surface area contributed by atoms with Gasteiger partial charge < -0.3 is 4.74 Å². The lowest BCUT2D eigenvalue weighted by atomic mass is 10.1. The molecule has 1 fully saturated rings. The van der Waals surface area contributed by atoms with Gasteiger partial charge in [0.05, 0.1) is 10.2 Å². The quantitative estimate of drug-likeness (QED) is 0.253. The van der Waals surface area contributed by atoms with E-state index in [1.807, 2.05) is 31.2 Å². The minimum absolute atomic E-state index is 0.0277. The molecule has 0 radical (unpaired) electrons. The molecule has 1 heterocycles. The van der Waals surface area contributed by atoms with Crippen molar-refractivity contribution in [2.75, 3.05) is 4.90 Å². The van der Waals surface area contributed by atoms with Gasteiger partial charge in [0.2, 0.25) is 0 Å². The number of hydrogen-bond acceptors (Lipinski definition) is 4. The van der Waals surface area contributed by atoms with Crippen LogP contribution in [0.15, 0.2) is 76.8 Å². The Hall–Kier alpha value is -3.36. The summed E-state index contributed by atoms with van der Waals surface area (Å²) in [4.78, 5) is 27.1. The van der Waals surface area contributed by atoms with Crippen molar-refractivity contribution in [3.63, 3.8) is 0 Å². The van der Waals surface area contributed by atoms with Crippen LogP contribution in [0.1, 0.15) is 23.6 Å². The van der Waals surface area contributed by atoms with Crippen molar-refractivity contribution < 1.29 is 18.7 Å². The fourth-order valence-corrected chi connectivity index (χ4v) is 4.20. The molecule has 0 unspecified atom stereocenters. The van der Waals surface area contributed by atoms with Crippen molar-refractivity contribution in [2.45, 2.75) is 20.0 Å². The molecule has 0 aromatic heterocycles. The highest BCUT2D eigenvalue weighted by atomic mass is 79.9. The third-order valence-electron chi connectivity index (χ3n) is 5.28. The number of thiocarbonyl (C=S) groups is 1. The average Bonchev–Trinajstić information content (AvgIpc) is 2.82. The van der Waals surface area contributed by atoms with Crippen molar-refractivity contribution in [3.05, 3.63) is 99.3 Å². The Kier molecular flexibility index (Phi) is 7.19. The second kappa shape index (κ2) is 10.3. The van der Waals surface area contributed by atoms with Gasteiger partial charge in [0.15, 0.2) is 5.11 Å². The molecule has 172 valence electrons. The molecule has 0 saturated carbocycles. The molecule has 1 aliphatic rings. The van der Waals surface area contributed by atoms with Gasteiger partial charge in [-0.1, -0.05) is 37.3 Å². The molecule has 0 bridgehead atoms. The summed E-state index contributed by atoms with van der Waals surface area (Å²) < 4.78 is 19.5. The third-order valence-corrected chi connectivity index (χ3v) is 6.18. The van der Waals surface area contributed by atoms with E-state index < -0.39 is 11.8 Å². The Morgan fingerprint density at radius 1 is 1.03 bits per heavy atom. The number of nitrogens with one attached hydrogen (secondary N) is 1. The van der Waals surface area contributed by atoms with E-state index in [-0.39, 0.29) is 23.1 Å². The molecule has 1 aliphatic heterocycles. The maximum absolute atomic E-state index is 13.2. The second-order valence-electron chi connectivity index (χ2n) is 7.58. The standard InChI is InChI=1S/C26H20BrFN2O3S/c1-2-16-5-10-20(11-6-16)30-25(32)21(24(31)29-26(30)34)13-18-7-12-23(22(27)14-18)33-15-17-3-8-19(28)9-4-17/h3-14H,2,15H2,1H3,(H,29,31,34)/b21-13+. The molecule has 4 rings (SSSR count). The van der Waals surface area contributed by atoms with Crippen LogP contribution in [0, 0.1) is 5.82 Å². The minimum atomic E-state index is -0.552.